The maximum atomic E-state index is 13.8. The summed E-state index contributed by atoms with van der Waals surface area (Å²) < 4.78 is 54.7. The molecule has 13 heteroatoms. The van der Waals surface area contributed by atoms with E-state index in [-0.39, 0.29) is 29.8 Å². The molecule has 2 aromatic heterocycles. The van der Waals surface area contributed by atoms with Crippen LogP contribution in [0.2, 0.25) is 0 Å². The molecule has 220 valence electrons. The van der Waals surface area contributed by atoms with Gasteiger partial charge in [-0.25, -0.2) is 14.5 Å². The molecule has 5 rings (SSSR count). The minimum Gasteiger partial charge on any atom is -0.472 e. The van der Waals surface area contributed by atoms with Crippen molar-refractivity contribution in [2.24, 2.45) is 0 Å². The number of anilines is 2. The number of ether oxygens (including phenoxy) is 2. The lowest BCUT2D eigenvalue weighted by Crippen LogP contribution is -2.43. The number of nitrogens with zero attached hydrogens (tertiary/aromatic N) is 5. The number of rotatable bonds is 5. The summed E-state index contributed by atoms with van der Waals surface area (Å²) in [6.45, 7) is 7.02. The molecule has 1 atom stereocenters. The number of likely N-dealkylation sites (tertiary alicyclic amines) is 1. The summed E-state index contributed by atoms with van der Waals surface area (Å²) in [5.41, 5.74) is -0.412. The van der Waals surface area contributed by atoms with Crippen molar-refractivity contribution in [1.82, 2.24) is 19.5 Å². The van der Waals surface area contributed by atoms with Crippen molar-refractivity contribution in [3.8, 4) is 5.88 Å². The lowest BCUT2D eigenvalue weighted by Gasteiger charge is -2.31. The van der Waals surface area contributed by atoms with E-state index in [0.29, 0.717) is 30.6 Å². The number of carbonyl (C=O) groups excluding carboxylic acids is 1. The molecule has 3 aromatic rings. The van der Waals surface area contributed by atoms with Crippen LogP contribution in [0, 0.1) is 6.92 Å². The standard InChI is InChI=1S/C28H32F3N5O5/c1-16-10-18(28(29,30)31)12-19(11-16)35(26(39)41-27(2,3)4)23-13-22(40-20-6-5-9-34(15-20)25(37)38)33-24-21(17-7-8-17)14-32-36(23)24/h10-14,17,20H,5-9,15H2,1-4H3,(H,37,38). The highest BCUT2D eigenvalue weighted by atomic mass is 19.4. The van der Waals surface area contributed by atoms with Crippen LogP contribution in [-0.4, -0.2) is 61.6 Å². The minimum absolute atomic E-state index is 0.0665. The van der Waals surface area contributed by atoms with Crippen LogP contribution in [0.1, 0.15) is 69.1 Å². The third kappa shape index (κ3) is 6.33. The van der Waals surface area contributed by atoms with Gasteiger partial charge in [-0.05, 0) is 83.1 Å². The van der Waals surface area contributed by atoms with Gasteiger partial charge < -0.3 is 19.5 Å². The van der Waals surface area contributed by atoms with Gasteiger partial charge in [-0.2, -0.15) is 27.8 Å². The van der Waals surface area contributed by atoms with Gasteiger partial charge in [0.2, 0.25) is 5.88 Å². The topological polar surface area (TPSA) is 110 Å². The Bertz CT molecular complexity index is 1480. The Balaban J connectivity index is 1.66. The smallest absolute Gasteiger partial charge is 0.420 e. The molecule has 1 saturated heterocycles. The average molecular weight is 576 g/mol. The highest BCUT2D eigenvalue weighted by Crippen LogP contribution is 2.43. The van der Waals surface area contributed by atoms with Gasteiger partial charge >= 0.3 is 18.4 Å². The monoisotopic (exact) mass is 575 g/mol. The van der Waals surface area contributed by atoms with Crippen LogP contribution in [0.4, 0.5) is 34.3 Å². The molecule has 1 saturated carbocycles. The second-order valence-corrected chi connectivity index (χ2v) is 11.5. The molecule has 1 aromatic carbocycles. The number of benzene rings is 1. The van der Waals surface area contributed by atoms with Crippen LogP contribution in [0.3, 0.4) is 0 Å². The van der Waals surface area contributed by atoms with Gasteiger partial charge in [0.25, 0.3) is 0 Å². The Hall–Kier alpha value is -4.03. The largest absolute Gasteiger partial charge is 0.472 e. The van der Waals surface area contributed by atoms with E-state index in [1.54, 1.807) is 27.0 Å². The maximum absolute atomic E-state index is 13.8. The number of carboxylic acid groups (broad SMARTS) is 1. The fraction of sp³-hybridized carbons (Fsp3) is 0.500. The molecule has 2 amide bonds. The van der Waals surface area contributed by atoms with Crippen LogP contribution in [-0.2, 0) is 10.9 Å². The lowest BCUT2D eigenvalue weighted by atomic mass is 10.1. The first-order chi connectivity index (χ1) is 19.2. The summed E-state index contributed by atoms with van der Waals surface area (Å²) in [5.74, 6) is 0.395. The molecule has 1 aliphatic carbocycles. The van der Waals surface area contributed by atoms with E-state index in [4.69, 9.17) is 9.47 Å². The quantitative estimate of drug-likeness (QED) is 0.368. The second-order valence-electron chi connectivity index (χ2n) is 11.5. The van der Waals surface area contributed by atoms with Crippen LogP contribution < -0.4 is 9.64 Å². The number of hydrogen-bond acceptors (Lipinski definition) is 6. The number of amides is 2. The Morgan fingerprint density at radius 2 is 1.83 bits per heavy atom. The fourth-order valence-electron chi connectivity index (χ4n) is 4.92. The van der Waals surface area contributed by atoms with Crippen LogP contribution in [0.25, 0.3) is 5.65 Å². The fourth-order valence-corrected chi connectivity index (χ4v) is 4.92. The van der Waals surface area contributed by atoms with E-state index in [2.05, 4.69) is 10.1 Å². The van der Waals surface area contributed by atoms with Crippen LogP contribution >= 0.6 is 0 Å². The van der Waals surface area contributed by atoms with Gasteiger partial charge in [0.05, 0.1) is 24.0 Å². The predicted molar refractivity (Wildman–Crippen MR) is 143 cm³/mol. The molecule has 0 radical (unpaired) electrons. The summed E-state index contributed by atoms with van der Waals surface area (Å²) in [6.07, 6.45) is -2.42. The Kier molecular flexibility index (Phi) is 7.24. The van der Waals surface area contributed by atoms with Gasteiger partial charge in [-0.3, -0.25) is 0 Å². The third-order valence-electron chi connectivity index (χ3n) is 6.86. The van der Waals surface area contributed by atoms with Crippen molar-refractivity contribution in [2.45, 2.75) is 77.2 Å². The second kappa shape index (κ2) is 10.4. The molecule has 0 bridgehead atoms. The summed E-state index contributed by atoms with van der Waals surface area (Å²) in [5, 5.41) is 13.9. The minimum atomic E-state index is -4.65. The number of aromatic nitrogens is 3. The highest BCUT2D eigenvalue weighted by Gasteiger charge is 2.35. The number of piperidine rings is 1. The third-order valence-corrected chi connectivity index (χ3v) is 6.86. The van der Waals surface area contributed by atoms with Crippen molar-refractivity contribution in [1.29, 1.82) is 0 Å². The first-order valence-electron chi connectivity index (χ1n) is 13.4. The zero-order valence-electron chi connectivity index (χ0n) is 23.2. The van der Waals surface area contributed by atoms with E-state index >= 15 is 0 Å². The number of fused-ring (bicyclic) bond motifs is 1. The molecule has 1 unspecified atom stereocenters. The van der Waals surface area contributed by atoms with E-state index in [1.807, 2.05) is 0 Å². The van der Waals surface area contributed by atoms with Crippen molar-refractivity contribution in [3.63, 3.8) is 0 Å². The molecule has 3 heterocycles. The Morgan fingerprint density at radius 1 is 1.10 bits per heavy atom. The molecule has 41 heavy (non-hydrogen) atoms. The molecule has 2 fully saturated rings. The van der Waals surface area contributed by atoms with Crippen LogP contribution in [0.15, 0.2) is 30.5 Å². The first-order valence-corrected chi connectivity index (χ1v) is 13.4. The average Bonchev–Trinajstić information content (AvgIpc) is 3.61. The SMILES string of the molecule is Cc1cc(N(C(=O)OC(C)(C)C)c2cc(OC3CCCN(C(=O)O)C3)nc3c(C4CC4)cnn23)cc(C(F)(F)F)c1. The maximum Gasteiger partial charge on any atom is 0.420 e. The molecule has 1 aliphatic heterocycles. The van der Waals surface area contributed by atoms with Gasteiger partial charge in [-0.1, -0.05) is 0 Å². The van der Waals surface area contributed by atoms with Gasteiger partial charge in [0, 0.05) is 18.2 Å². The number of halogens is 3. The Labute approximate surface area is 234 Å². The number of hydrogen-bond donors (Lipinski definition) is 1. The van der Waals surface area contributed by atoms with Crippen molar-refractivity contribution in [2.75, 3.05) is 18.0 Å². The van der Waals surface area contributed by atoms with Crippen molar-refractivity contribution >= 4 is 29.3 Å². The number of carbonyl (C=O) groups is 2. The predicted octanol–water partition coefficient (Wildman–Crippen LogP) is 6.53. The molecule has 1 N–H and O–H groups in total. The highest BCUT2D eigenvalue weighted by molar-refractivity contribution is 5.96. The summed E-state index contributed by atoms with van der Waals surface area (Å²) in [7, 11) is 0. The van der Waals surface area contributed by atoms with Gasteiger partial charge in [0.1, 0.15) is 11.7 Å². The van der Waals surface area contributed by atoms with E-state index in [9.17, 15) is 27.9 Å². The first kappa shape index (κ1) is 28.5. The van der Waals surface area contributed by atoms with Gasteiger partial charge in [0.15, 0.2) is 11.5 Å². The van der Waals surface area contributed by atoms with Gasteiger partial charge in [-0.15, -0.1) is 0 Å². The number of alkyl halides is 3. The molecular weight excluding hydrogens is 543 g/mol. The Morgan fingerprint density at radius 3 is 2.46 bits per heavy atom. The normalized spacial score (nSPS) is 17.9. The molecule has 10 nitrogen and oxygen atoms in total. The molecule has 0 spiro atoms. The number of aryl methyl sites for hydroxylation is 1. The van der Waals surface area contributed by atoms with E-state index < -0.39 is 35.6 Å². The lowest BCUT2D eigenvalue weighted by molar-refractivity contribution is -0.137. The zero-order valence-corrected chi connectivity index (χ0v) is 23.2. The zero-order chi connectivity index (χ0) is 29.7. The molecular formula is C28H32F3N5O5. The summed E-state index contributed by atoms with van der Waals surface area (Å²) >= 11 is 0. The summed E-state index contributed by atoms with van der Waals surface area (Å²) in [4.78, 5) is 32.2. The van der Waals surface area contributed by atoms with Crippen molar-refractivity contribution < 1.29 is 37.3 Å². The van der Waals surface area contributed by atoms with Crippen LogP contribution in [0.5, 0.6) is 5.88 Å². The molecule has 2 aliphatic rings. The van der Waals surface area contributed by atoms with E-state index in [1.165, 1.54) is 28.5 Å². The summed E-state index contributed by atoms with van der Waals surface area (Å²) in [6, 6.07) is 4.78. The van der Waals surface area contributed by atoms with Crippen molar-refractivity contribution in [3.05, 3.63) is 47.2 Å². The van der Waals surface area contributed by atoms with E-state index in [0.717, 1.165) is 35.4 Å².